The van der Waals surface area contributed by atoms with Crippen molar-refractivity contribution < 1.29 is 9.53 Å². The molecule has 0 unspecified atom stereocenters. The predicted molar refractivity (Wildman–Crippen MR) is 138 cm³/mol. The molecule has 1 fully saturated rings. The molecule has 1 aliphatic heterocycles. The number of carbonyl (C=O) groups excluding carboxylic acids is 1. The molecule has 1 aromatic carbocycles. The van der Waals surface area contributed by atoms with Gasteiger partial charge in [-0.15, -0.1) is 0 Å². The minimum atomic E-state index is -0.109. The molecule has 2 N–H and O–H groups in total. The molecule has 3 heterocycles. The minimum Gasteiger partial charge on any atom is -0.495 e. The van der Waals surface area contributed by atoms with Crippen LogP contribution >= 0.6 is 12.2 Å². The third-order valence-corrected chi connectivity index (χ3v) is 6.34. The summed E-state index contributed by atoms with van der Waals surface area (Å²) in [5, 5.41) is 7.01. The van der Waals surface area contributed by atoms with Crippen molar-refractivity contribution in [2.24, 2.45) is 0 Å². The number of aromatic nitrogens is 2. The van der Waals surface area contributed by atoms with E-state index >= 15 is 0 Å². The van der Waals surface area contributed by atoms with Gasteiger partial charge in [-0.05, 0) is 68.9 Å². The van der Waals surface area contributed by atoms with Crippen LogP contribution in [-0.4, -0.2) is 39.1 Å². The lowest BCUT2D eigenvalue weighted by Gasteiger charge is -2.27. The normalized spacial score (nSPS) is 18.0. The summed E-state index contributed by atoms with van der Waals surface area (Å²) < 4.78 is 7.54. The number of hydrogen-bond acceptors (Lipinski definition) is 4. The van der Waals surface area contributed by atoms with E-state index in [1.807, 2.05) is 42.5 Å². The fourth-order valence-electron chi connectivity index (χ4n) is 4.20. The number of nitrogens with one attached hydrogen (secondary N) is 2. The van der Waals surface area contributed by atoms with Crippen LogP contribution < -0.4 is 15.4 Å². The Morgan fingerprint density at radius 1 is 1.18 bits per heavy atom. The first-order chi connectivity index (χ1) is 16.3. The maximum Gasteiger partial charge on any atom is 0.226 e. The summed E-state index contributed by atoms with van der Waals surface area (Å²) in [5.41, 5.74) is 2.66. The number of carbonyl (C=O) groups is 1. The molecule has 1 amide bonds. The number of amides is 1. The SMILES string of the molecule is COc1ccccc1NC(=O)CCN1C(=S)N[C@H](c2ccccn2)[C@@H]1c1ccn(C(C)(C)C)c1. The highest BCUT2D eigenvalue weighted by Gasteiger charge is 2.40. The Morgan fingerprint density at radius 3 is 2.62 bits per heavy atom. The lowest BCUT2D eigenvalue weighted by atomic mass is 9.99. The highest BCUT2D eigenvalue weighted by atomic mass is 32.1. The van der Waals surface area contributed by atoms with Crippen LogP contribution in [0.4, 0.5) is 5.69 Å². The van der Waals surface area contributed by atoms with Gasteiger partial charge in [-0.2, -0.15) is 0 Å². The van der Waals surface area contributed by atoms with Gasteiger partial charge in [-0.1, -0.05) is 18.2 Å². The Morgan fingerprint density at radius 2 is 1.94 bits per heavy atom. The highest BCUT2D eigenvalue weighted by molar-refractivity contribution is 7.80. The van der Waals surface area contributed by atoms with Crippen molar-refractivity contribution in [3.8, 4) is 5.75 Å². The molecule has 8 heteroatoms. The molecule has 178 valence electrons. The summed E-state index contributed by atoms with van der Waals surface area (Å²) in [7, 11) is 1.59. The first-order valence-corrected chi connectivity index (χ1v) is 11.8. The number of anilines is 1. The Balaban J connectivity index is 1.56. The highest BCUT2D eigenvalue weighted by Crippen LogP contribution is 2.39. The van der Waals surface area contributed by atoms with Crippen LogP contribution in [0.2, 0.25) is 0 Å². The standard InChI is InChI=1S/C26H31N5O2S/c1-26(2,3)30-15-12-18(17-30)24-23(20-10-7-8-14-27-20)29-25(34)31(24)16-13-22(32)28-19-9-5-6-11-21(19)33-4/h5-12,14-15,17,23-24H,13,16H2,1-4H3,(H,28,32)(H,29,34)/t23-,24+/m1/s1. The van der Waals surface area contributed by atoms with E-state index in [4.69, 9.17) is 17.0 Å². The van der Waals surface area contributed by atoms with Crippen LogP contribution in [-0.2, 0) is 10.3 Å². The molecule has 2 atom stereocenters. The number of methoxy groups -OCH3 is 1. The number of para-hydroxylation sites is 2. The maximum absolute atomic E-state index is 12.8. The zero-order chi connectivity index (χ0) is 24.3. The lowest BCUT2D eigenvalue weighted by molar-refractivity contribution is -0.116. The van der Waals surface area contributed by atoms with Gasteiger partial charge in [0.1, 0.15) is 5.75 Å². The van der Waals surface area contributed by atoms with Crippen LogP contribution in [0.1, 0.15) is 50.5 Å². The van der Waals surface area contributed by atoms with E-state index in [1.165, 1.54) is 0 Å². The van der Waals surface area contributed by atoms with Crippen LogP contribution in [0.15, 0.2) is 67.1 Å². The average molecular weight is 478 g/mol. The predicted octanol–water partition coefficient (Wildman–Crippen LogP) is 4.65. The third-order valence-electron chi connectivity index (χ3n) is 5.99. The molecule has 1 aliphatic rings. The fourth-order valence-corrected chi connectivity index (χ4v) is 4.53. The monoisotopic (exact) mass is 477 g/mol. The van der Waals surface area contributed by atoms with Crippen LogP contribution in [0, 0.1) is 0 Å². The fraction of sp³-hybridized carbons (Fsp3) is 0.346. The van der Waals surface area contributed by atoms with Crippen molar-refractivity contribution in [3.63, 3.8) is 0 Å². The molecule has 7 nitrogen and oxygen atoms in total. The second kappa shape index (κ2) is 9.85. The zero-order valence-electron chi connectivity index (χ0n) is 20.0. The van der Waals surface area contributed by atoms with Crippen LogP contribution in [0.25, 0.3) is 0 Å². The summed E-state index contributed by atoms with van der Waals surface area (Å²) in [6.45, 7) is 6.99. The number of pyridine rings is 1. The third kappa shape index (κ3) is 5.07. The number of nitrogens with zero attached hydrogens (tertiary/aromatic N) is 3. The number of rotatable bonds is 7. The smallest absolute Gasteiger partial charge is 0.226 e. The van der Waals surface area contributed by atoms with E-state index in [1.54, 1.807) is 13.3 Å². The molecule has 1 saturated heterocycles. The van der Waals surface area contributed by atoms with Crippen molar-refractivity contribution in [2.45, 2.75) is 44.8 Å². The summed E-state index contributed by atoms with van der Waals surface area (Å²) >= 11 is 5.72. The van der Waals surface area contributed by atoms with Gasteiger partial charge in [0.2, 0.25) is 5.91 Å². The molecule has 34 heavy (non-hydrogen) atoms. The lowest BCUT2D eigenvalue weighted by Crippen LogP contribution is -2.32. The van der Waals surface area contributed by atoms with Gasteiger partial charge >= 0.3 is 0 Å². The largest absolute Gasteiger partial charge is 0.495 e. The molecular weight excluding hydrogens is 446 g/mol. The average Bonchev–Trinajstić information content (AvgIpc) is 3.43. The van der Waals surface area contributed by atoms with Gasteiger partial charge in [-0.25, -0.2) is 0 Å². The molecule has 0 spiro atoms. The van der Waals surface area contributed by atoms with E-state index in [0.717, 1.165) is 11.3 Å². The van der Waals surface area contributed by atoms with Crippen LogP contribution in [0.5, 0.6) is 5.75 Å². The number of hydrogen-bond donors (Lipinski definition) is 2. The van der Waals surface area contributed by atoms with Gasteiger partial charge in [-0.3, -0.25) is 9.78 Å². The van der Waals surface area contributed by atoms with E-state index in [2.05, 4.69) is 64.3 Å². The van der Waals surface area contributed by atoms with Crippen LogP contribution in [0.3, 0.4) is 0 Å². The topological polar surface area (TPSA) is 71.4 Å². The second-order valence-electron chi connectivity index (χ2n) is 9.34. The Bertz CT molecular complexity index is 1160. The molecule has 2 aromatic heterocycles. The van der Waals surface area contributed by atoms with E-state index in [9.17, 15) is 4.79 Å². The molecule has 4 rings (SSSR count). The Hall–Kier alpha value is -3.39. The summed E-state index contributed by atoms with van der Waals surface area (Å²) in [4.78, 5) is 19.5. The first-order valence-electron chi connectivity index (χ1n) is 11.4. The van der Waals surface area contributed by atoms with Gasteiger partial charge in [0.15, 0.2) is 5.11 Å². The summed E-state index contributed by atoms with van der Waals surface area (Å²) in [5.74, 6) is 0.533. The van der Waals surface area contributed by atoms with Gasteiger partial charge in [0.05, 0.1) is 30.6 Å². The van der Waals surface area contributed by atoms with Crippen molar-refractivity contribution in [1.29, 1.82) is 0 Å². The summed E-state index contributed by atoms with van der Waals surface area (Å²) in [6.07, 6.45) is 6.34. The number of ether oxygens (including phenoxy) is 1. The molecule has 0 radical (unpaired) electrons. The summed E-state index contributed by atoms with van der Waals surface area (Å²) in [6, 6.07) is 15.2. The Labute approximate surface area is 206 Å². The number of thiocarbonyl (C=S) groups is 1. The van der Waals surface area contributed by atoms with E-state index in [-0.39, 0.29) is 30.0 Å². The molecule has 3 aromatic rings. The van der Waals surface area contributed by atoms with Gasteiger partial charge < -0.3 is 24.8 Å². The van der Waals surface area contributed by atoms with Crippen molar-refractivity contribution >= 4 is 28.9 Å². The van der Waals surface area contributed by atoms with Crippen molar-refractivity contribution in [3.05, 3.63) is 78.4 Å². The molecular formula is C26H31N5O2S. The zero-order valence-corrected chi connectivity index (χ0v) is 20.8. The molecule has 0 aliphatic carbocycles. The van der Waals surface area contributed by atoms with Gasteiger partial charge in [0.25, 0.3) is 0 Å². The van der Waals surface area contributed by atoms with E-state index in [0.29, 0.717) is 23.1 Å². The minimum absolute atomic E-state index is 0.0370. The second-order valence-corrected chi connectivity index (χ2v) is 9.73. The van der Waals surface area contributed by atoms with E-state index < -0.39 is 0 Å². The van der Waals surface area contributed by atoms with Gasteiger partial charge in [0, 0.05) is 37.1 Å². The first kappa shape index (κ1) is 23.8. The maximum atomic E-state index is 12.8. The Kier molecular flexibility index (Phi) is 6.88. The number of benzene rings is 1. The molecule has 0 saturated carbocycles. The quantitative estimate of drug-likeness (QED) is 0.483. The van der Waals surface area contributed by atoms with Crippen molar-refractivity contribution in [1.82, 2.24) is 19.8 Å². The van der Waals surface area contributed by atoms with Crippen molar-refractivity contribution in [2.75, 3.05) is 19.0 Å². The molecule has 0 bridgehead atoms.